The molecule has 0 saturated heterocycles. The molecule has 0 spiro atoms. The molecule has 0 fully saturated rings. The largest absolute Gasteiger partial charge is 0.301 e. The van der Waals surface area contributed by atoms with Gasteiger partial charge in [0.15, 0.2) is 0 Å². The lowest BCUT2D eigenvalue weighted by Gasteiger charge is -2.21. The Hall–Kier alpha value is 0.610. The molecule has 0 aromatic rings. The van der Waals surface area contributed by atoms with E-state index in [0.29, 0.717) is 0 Å². The molecular weight excluding hydrogens is 219 g/mol. The fourth-order valence-corrected chi connectivity index (χ4v) is 0.928. The highest BCUT2D eigenvalue weighted by atomic mass is 127. The molecule has 0 saturated carbocycles. The SMILES string of the molecule is CCC(N)(CI)ON. The van der Waals surface area contributed by atoms with Crippen molar-refractivity contribution in [3.63, 3.8) is 0 Å². The average Bonchev–Trinajstić information content (AvgIpc) is 1.87. The van der Waals surface area contributed by atoms with Crippen LogP contribution in [0.3, 0.4) is 0 Å². The van der Waals surface area contributed by atoms with Gasteiger partial charge in [-0.2, -0.15) is 0 Å². The number of halogens is 1. The van der Waals surface area contributed by atoms with Gasteiger partial charge in [0.1, 0.15) is 5.72 Å². The maximum absolute atomic E-state index is 5.54. The first-order chi connectivity index (χ1) is 3.68. The summed E-state index contributed by atoms with van der Waals surface area (Å²) in [6.45, 7) is 1.94. The van der Waals surface area contributed by atoms with Crippen molar-refractivity contribution in [3.8, 4) is 0 Å². The van der Waals surface area contributed by atoms with Crippen LogP contribution in [0, 0.1) is 0 Å². The van der Waals surface area contributed by atoms with Gasteiger partial charge in [-0.15, -0.1) is 0 Å². The van der Waals surface area contributed by atoms with E-state index in [1.165, 1.54) is 0 Å². The second-order valence-electron chi connectivity index (χ2n) is 1.67. The van der Waals surface area contributed by atoms with Gasteiger partial charge in [0, 0.05) is 4.43 Å². The number of rotatable bonds is 3. The van der Waals surface area contributed by atoms with Gasteiger partial charge >= 0.3 is 0 Å². The molecule has 0 aromatic carbocycles. The van der Waals surface area contributed by atoms with Gasteiger partial charge in [-0.1, -0.05) is 29.5 Å². The van der Waals surface area contributed by atoms with Gasteiger partial charge in [0.05, 0.1) is 0 Å². The van der Waals surface area contributed by atoms with Crippen LogP contribution >= 0.6 is 22.6 Å². The minimum Gasteiger partial charge on any atom is -0.301 e. The molecule has 4 heteroatoms. The Morgan fingerprint density at radius 2 is 2.25 bits per heavy atom. The Balaban J connectivity index is 3.58. The Morgan fingerprint density at radius 1 is 1.75 bits per heavy atom. The molecule has 4 N–H and O–H groups in total. The highest BCUT2D eigenvalue weighted by Crippen LogP contribution is 2.08. The van der Waals surface area contributed by atoms with Crippen molar-refractivity contribution in [2.75, 3.05) is 4.43 Å². The Kier molecular flexibility index (Phi) is 3.87. The van der Waals surface area contributed by atoms with Crippen LogP contribution in [-0.4, -0.2) is 10.2 Å². The van der Waals surface area contributed by atoms with Gasteiger partial charge in [0.2, 0.25) is 0 Å². The minimum absolute atomic E-state index is 0.611. The monoisotopic (exact) mass is 230 g/mol. The molecule has 1 unspecified atom stereocenters. The summed E-state index contributed by atoms with van der Waals surface area (Å²) >= 11 is 2.14. The van der Waals surface area contributed by atoms with Crippen LogP contribution in [0.15, 0.2) is 0 Å². The van der Waals surface area contributed by atoms with Crippen molar-refractivity contribution >= 4 is 22.6 Å². The van der Waals surface area contributed by atoms with E-state index in [9.17, 15) is 0 Å². The summed E-state index contributed by atoms with van der Waals surface area (Å²) in [5, 5.41) is 0. The molecule has 8 heavy (non-hydrogen) atoms. The quantitative estimate of drug-likeness (QED) is 0.319. The molecular formula is C4H11IN2O. The maximum Gasteiger partial charge on any atom is 0.146 e. The van der Waals surface area contributed by atoms with Crippen LogP contribution in [0.4, 0.5) is 0 Å². The first kappa shape index (κ1) is 8.61. The first-order valence-corrected chi connectivity index (χ1v) is 3.94. The minimum atomic E-state index is -0.611. The van der Waals surface area contributed by atoms with Crippen molar-refractivity contribution in [1.82, 2.24) is 0 Å². The molecule has 0 rings (SSSR count). The van der Waals surface area contributed by atoms with E-state index in [1.807, 2.05) is 6.92 Å². The zero-order valence-electron chi connectivity index (χ0n) is 4.86. The molecule has 0 heterocycles. The van der Waals surface area contributed by atoms with E-state index < -0.39 is 5.72 Å². The fraction of sp³-hybridized carbons (Fsp3) is 1.00. The highest BCUT2D eigenvalue weighted by molar-refractivity contribution is 14.1. The summed E-state index contributed by atoms with van der Waals surface area (Å²) in [6.07, 6.45) is 0.742. The van der Waals surface area contributed by atoms with Crippen LogP contribution in [0.2, 0.25) is 0 Å². The summed E-state index contributed by atoms with van der Waals surface area (Å²) in [5.74, 6) is 4.90. The maximum atomic E-state index is 5.54. The first-order valence-electron chi connectivity index (χ1n) is 2.41. The van der Waals surface area contributed by atoms with Gasteiger partial charge in [-0.05, 0) is 6.42 Å². The molecule has 1 atom stereocenters. The fourth-order valence-electron chi connectivity index (χ4n) is 0.209. The molecule has 0 bridgehead atoms. The van der Waals surface area contributed by atoms with Gasteiger partial charge in [-0.25, -0.2) is 5.90 Å². The predicted octanol–water partition coefficient (Wildman–Crippen LogP) is 0.377. The van der Waals surface area contributed by atoms with Crippen molar-refractivity contribution in [1.29, 1.82) is 0 Å². The summed E-state index contributed by atoms with van der Waals surface area (Å²) in [4.78, 5) is 4.51. The average molecular weight is 230 g/mol. The third kappa shape index (κ3) is 2.25. The molecule has 50 valence electrons. The van der Waals surface area contributed by atoms with E-state index >= 15 is 0 Å². The van der Waals surface area contributed by atoms with Crippen molar-refractivity contribution in [2.45, 2.75) is 19.1 Å². The predicted molar refractivity (Wildman–Crippen MR) is 41.4 cm³/mol. The zero-order valence-corrected chi connectivity index (χ0v) is 7.01. The van der Waals surface area contributed by atoms with E-state index in [2.05, 4.69) is 27.4 Å². The van der Waals surface area contributed by atoms with Crippen LogP contribution in [0.5, 0.6) is 0 Å². The van der Waals surface area contributed by atoms with Gasteiger partial charge in [0.25, 0.3) is 0 Å². The van der Waals surface area contributed by atoms with Gasteiger partial charge < -0.3 is 5.73 Å². The molecule has 0 aliphatic carbocycles. The number of hydrogen-bond acceptors (Lipinski definition) is 3. The lowest BCUT2D eigenvalue weighted by molar-refractivity contribution is -0.0254. The molecule has 0 aromatic heterocycles. The Bertz CT molecular complexity index is 56.8. The van der Waals surface area contributed by atoms with E-state index in [-0.39, 0.29) is 0 Å². The van der Waals surface area contributed by atoms with E-state index in [1.54, 1.807) is 0 Å². The molecule has 3 nitrogen and oxygen atoms in total. The molecule has 0 amide bonds. The molecule has 0 aliphatic heterocycles. The summed E-state index contributed by atoms with van der Waals surface area (Å²) in [5.41, 5.74) is 4.93. The lowest BCUT2D eigenvalue weighted by atomic mass is 10.2. The Labute approximate surface area is 62.8 Å². The smallest absolute Gasteiger partial charge is 0.146 e. The summed E-state index contributed by atoms with van der Waals surface area (Å²) in [7, 11) is 0. The number of nitrogens with two attached hydrogens (primary N) is 2. The van der Waals surface area contributed by atoms with E-state index in [0.717, 1.165) is 10.8 Å². The number of alkyl halides is 1. The topological polar surface area (TPSA) is 61.3 Å². The van der Waals surface area contributed by atoms with Crippen LogP contribution in [-0.2, 0) is 4.84 Å². The highest BCUT2D eigenvalue weighted by Gasteiger charge is 2.19. The van der Waals surface area contributed by atoms with Crippen LogP contribution in [0.25, 0.3) is 0 Å². The third-order valence-corrected chi connectivity index (χ3v) is 2.35. The van der Waals surface area contributed by atoms with Crippen LogP contribution in [0.1, 0.15) is 13.3 Å². The number of hydrogen-bond donors (Lipinski definition) is 2. The Morgan fingerprint density at radius 3 is 2.25 bits per heavy atom. The normalized spacial score (nSPS) is 18.0. The van der Waals surface area contributed by atoms with Crippen molar-refractivity contribution in [3.05, 3.63) is 0 Å². The third-order valence-electron chi connectivity index (χ3n) is 1.06. The summed E-state index contributed by atoms with van der Waals surface area (Å²) < 4.78 is 0.720. The van der Waals surface area contributed by atoms with Crippen LogP contribution < -0.4 is 11.6 Å². The standard InChI is InChI=1S/C4H11IN2O/c1-2-4(6,3-5)8-7/h2-3,6-7H2,1H3. The van der Waals surface area contributed by atoms with Crippen molar-refractivity contribution in [2.24, 2.45) is 11.6 Å². The van der Waals surface area contributed by atoms with E-state index in [4.69, 9.17) is 11.6 Å². The molecule has 0 aliphatic rings. The second-order valence-corrected chi connectivity index (χ2v) is 2.43. The van der Waals surface area contributed by atoms with Gasteiger partial charge in [-0.3, -0.25) is 4.84 Å². The summed E-state index contributed by atoms with van der Waals surface area (Å²) in [6, 6.07) is 0. The lowest BCUT2D eigenvalue weighted by Crippen LogP contribution is -2.45. The second kappa shape index (κ2) is 3.60. The molecule has 0 radical (unpaired) electrons. The zero-order chi connectivity index (χ0) is 6.62. The van der Waals surface area contributed by atoms with Crippen molar-refractivity contribution < 1.29 is 4.84 Å².